The van der Waals surface area contributed by atoms with Crippen LogP contribution in [0.25, 0.3) is 12.4 Å². The molecule has 16 heteroatoms. The second kappa shape index (κ2) is 27.3. The molecule has 0 spiro atoms. The number of hydrogen-bond acceptors (Lipinski definition) is 9. The van der Waals surface area contributed by atoms with Gasteiger partial charge in [0.05, 0.1) is 51.9 Å². The molecule has 66 heavy (non-hydrogen) atoms. The maximum atomic E-state index is 13.3. The van der Waals surface area contributed by atoms with Crippen molar-refractivity contribution in [1.29, 1.82) is 0 Å². The number of nitrogens with zero attached hydrogens (tertiary/aromatic N) is 2. The van der Waals surface area contributed by atoms with E-state index in [4.69, 9.17) is 20.2 Å². The SMILES string of the molecule is C=c1ccn(Cc2ccc(C(C)(C)COCC(C)(C)CNC(=O)CNC(=O)C(Cc3ccccc3)NC(=O)CNC(=O)CNC(=O)CC)cc2OC)/c1=C(/N=C(/N)CCC)NCCCCC. The summed E-state index contributed by atoms with van der Waals surface area (Å²) in [5.41, 5.74) is 8.32. The van der Waals surface area contributed by atoms with Crippen LogP contribution in [0.2, 0.25) is 0 Å². The molecule has 8 N–H and O–H groups in total. The molecule has 0 fully saturated rings. The summed E-state index contributed by atoms with van der Waals surface area (Å²) >= 11 is 0. The van der Waals surface area contributed by atoms with Gasteiger partial charge < -0.3 is 51.7 Å². The number of carbonyl (C=O) groups excluding carboxylic acids is 5. The minimum Gasteiger partial charge on any atom is -0.496 e. The van der Waals surface area contributed by atoms with Crippen LogP contribution in [0.1, 0.15) is 104 Å². The Morgan fingerprint density at radius 2 is 1.48 bits per heavy atom. The number of amidine groups is 1. The maximum absolute atomic E-state index is 13.3. The van der Waals surface area contributed by atoms with Crippen LogP contribution >= 0.6 is 0 Å². The van der Waals surface area contributed by atoms with E-state index in [0.717, 1.165) is 71.1 Å². The van der Waals surface area contributed by atoms with E-state index in [0.29, 0.717) is 32.0 Å². The van der Waals surface area contributed by atoms with Gasteiger partial charge in [0.1, 0.15) is 17.6 Å². The van der Waals surface area contributed by atoms with Crippen molar-refractivity contribution in [2.45, 2.75) is 111 Å². The number of carbonyl (C=O) groups is 5. The van der Waals surface area contributed by atoms with Crippen LogP contribution in [0.3, 0.4) is 0 Å². The lowest BCUT2D eigenvalue weighted by molar-refractivity contribution is -0.131. The molecule has 0 aliphatic rings. The summed E-state index contributed by atoms with van der Waals surface area (Å²) < 4.78 is 14.4. The smallest absolute Gasteiger partial charge is 0.243 e. The number of aliphatic imine (C=N–C) groups is 1. The molecule has 0 saturated carbocycles. The van der Waals surface area contributed by atoms with Gasteiger partial charge in [-0.2, -0.15) is 0 Å². The Bertz CT molecular complexity index is 2200. The van der Waals surface area contributed by atoms with Crippen molar-refractivity contribution in [3.05, 3.63) is 88.1 Å². The number of unbranched alkanes of at least 4 members (excludes halogenated alkanes) is 2. The zero-order chi connectivity index (χ0) is 48.7. The highest BCUT2D eigenvalue weighted by Gasteiger charge is 2.27. The molecule has 16 nitrogen and oxygen atoms in total. The molecule has 1 unspecified atom stereocenters. The summed E-state index contributed by atoms with van der Waals surface area (Å²) in [6.45, 7) is 19.8. The minimum absolute atomic E-state index is 0.159. The number of hydrogen-bond donors (Lipinski definition) is 7. The molecule has 0 aliphatic heterocycles. The van der Waals surface area contributed by atoms with Gasteiger partial charge in [0.15, 0.2) is 5.82 Å². The average Bonchev–Trinajstić information content (AvgIpc) is 3.65. The highest BCUT2D eigenvalue weighted by molar-refractivity contribution is 5.93. The van der Waals surface area contributed by atoms with E-state index in [1.165, 1.54) is 0 Å². The normalized spacial score (nSPS) is 12.7. The number of benzene rings is 2. The van der Waals surface area contributed by atoms with Gasteiger partial charge in [-0.15, -0.1) is 0 Å². The molecule has 0 aliphatic carbocycles. The van der Waals surface area contributed by atoms with E-state index < -0.39 is 41.6 Å². The molecular weight excluding hydrogens is 839 g/mol. The van der Waals surface area contributed by atoms with Gasteiger partial charge in [0.2, 0.25) is 29.5 Å². The second-order valence-electron chi connectivity index (χ2n) is 17.9. The zero-order valence-corrected chi connectivity index (χ0v) is 40.5. The molecular formula is C50H75N9O7. The predicted octanol–water partition coefficient (Wildman–Crippen LogP) is 2.88. The van der Waals surface area contributed by atoms with Gasteiger partial charge in [-0.1, -0.05) is 110 Å². The molecule has 0 radical (unpaired) electrons. The lowest BCUT2D eigenvalue weighted by Crippen LogP contribution is -2.52. The van der Waals surface area contributed by atoms with Gasteiger partial charge in [0.25, 0.3) is 0 Å². The fourth-order valence-electron chi connectivity index (χ4n) is 6.89. The Hall–Kier alpha value is -6.16. The number of nitrogens with one attached hydrogen (secondary N) is 6. The molecule has 0 saturated heterocycles. The number of amides is 5. The first-order valence-electron chi connectivity index (χ1n) is 23.0. The maximum Gasteiger partial charge on any atom is 0.243 e. The Labute approximate surface area is 391 Å². The van der Waals surface area contributed by atoms with E-state index in [-0.39, 0.29) is 43.8 Å². The first-order valence-corrected chi connectivity index (χ1v) is 23.0. The molecule has 362 valence electrons. The number of rotatable bonds is 29. The fraction of sp³-hybridized carbons (Fsp3) is 0.520. The summed E-state index contributed by atoms with van der Waals surface area (Å²) in [6, 6.07) is 16.3. The van der Waals surface area contributed by atoms with Crippen LogP contribution in [0, 0.1) is 5.41 Å². The molecule has 3 aromatic rings. The van der Waals surface area contributed by atoms with E-state index in [1.54, 1.807) is 14.0 Å². The molecule has 1 aromatic heterocycles. The lowest BCUT2D eigenvalue weighted by atomic mass is 9.84. The van der Waals surface area contributed by atoms with Crippen LogP contribution in [0.15, 0.2) is 65.8 Å². The van der Waals surface area contributed by atoms with Crippen molar-refractivity contribution in [3.8, 4) is 5.75 Å². The first-order chi connectivity index (χ1) is 31.4. The fourth-order valence-corrected chi connectivity index (χ4v) is 6.89. The van der Waals surface area contributed by atoms with Gasteiger partial charge in [-0.25, -0.2) is 4.99 Å². The van der Waals surface area contributed by atoms with Gasteiger partial charge >= 0.3 is 0 Å². The standard InChI is InChI=1S/C50H75N9O7/c1-10-13-17-24-52-47(58-41(51)18-11-2)46-35(4)23-25-59(46)31-37-21-22-38(27-40(37)65-9)50(7,8)34-66-33-49(5,6)32-56-44(62)29-55-48(64)39(26-36-19-15-14-16-20-36)57-45(63)30-54-43(61)28-53-42(60)12-3/h14-16,19-23,25,27,39,52H,4,10-13,17-18,24,26,28-34H2,1-3,5-9H3,(H2,51,58)(H,53,60)(H,54,61)(H,55,64)(H,56,62)(H,57,63)/b47-46+. The molecule has 3 rings (SSSR count). The van der Waals surface area contributed by atoms with Crippen LogP contribution in [0.4, 0.5) is 0 Å². The third-order valence-electron chi connectivity index (χ3n) is 10.8. The lowest BCUT2D eigenvalue weighted by Gasteiger charge is -2.30. The highest BCUT2D eigenvalue weighted by atomic mass is 16.5. The van der Waals surface area contributed by atoms with Gasteiger partial charge in [-0.3, -0.25) is 24.0 Å². The van der Waals surface area contributed by atoms with Crippen LogP contribution in [-0.2, 0) is 47.1 Å². The number of nitrogens with two attached hydrogens (primary N) is 1. The average molecular weight is 914 g/mol. The third-order valence-corrected chi connectivity index (χ3v) is 10.8. The molecule has 0 bridgehead atoms. The molecule has 1 atom stereocenters. The Morgan fingerprint density at radius 3 is 2.17 bits per heavy atom. The molecule has 2 aromatic carbocycles. The van der Waals surface area contributed by atoms with E-state index in [1.807, 2.05) is 56.4 Å². The van der Waals surface area contributed by atoms with Crippen LogP contribution in [-0.4, -0.2) is 99.0 Å². The minimum atomic E-state index is -1.02. The first kappa shape index (κ1) is 54.2. The number of aromatic nitrogens is 1. The zero-order valence-electron chi connectivity index (χ0n) is 40.5. The van der Waals surface area contributed by atoms with Gasteiger partial charge in [-0.05, 0) is 41.3 Å². The van der Waals surface area contributed by atoms with E-state index in [2.05, 4.69) is 88.9 Å². The second-order valence-corrected chi connectivity index (χ2v) is 17.9. The number of methoxy groups -OCH3 is 1. The van der Waals surface area contributed by atoms with Crippen molar-refractivity contribution in [2.75, 3.05) is 53.0 Å². The predicted molar refractivity (Wildman–Crippen MR) is 261 cm³/mol. The Kier molecular flexibility index (Phi) is 22.4. The van der Waals surface area contributed by atoms with Crippen molar-refractivity contribution in [2.24, 2.45) is 16.1 Å². The van der Waals surface area contributed by atoms with Crippen molar-refractivity contribution in [1.82, 2.24) is 36.5 Å². The van der Waals surface area contributed by atoms with Crippen molar-refractivity contribution >= 4 is 47.8 Å². The topological polar surface area (TPSA) is 219 Å². The summed E-state index contributed by atoms with van der Waals surface area (Å²) in [5.74, 6) is -0.349. The molecule has 5 amide bonds. The molecule has 1 heterocycles. The van der Waals surface area contributed by atoms with Crippen molar-refractivity contribution < 1.29 is 33.4 Å². The summed E-state index contributed by atoms with van der Waals surface area (Å²) in [5, 5.41) is 18.3. The Balaban J connectivity index is 1.58. The van der Waals surface area contributed by atoms with Crippen LogP contribution in [0.5, 0.6) is 5.75 Å². The number of ether oxygens (including phenoxy) is 2. The Morgan fingerprint density at radius 1 is 0.803 bits per heavy atom. The highest BCUT2D eigenvalue weighted by Crippen LogP contribution is 2.30. The quantitative estimate of drug-likeness (QED) is 0.0309. The summed E-state index contributed by atoms with van der Waals surface area (Å²) in [7, 11) is 1.67. The summed E-state index contributed by atoms with van der Waals surface area (Å²) in [4.78, 5) is 67.3. The summed E-state index contributed by atoms with van der Waals surface area (Å²) in [6.07, 6.45) is 7.28. The van der Waals surface area contributed by atoms with Crippen molar-refractivity contribution in [3.63, 3.8) is 0 Å². The van der Waals surface area contributed by atoms with E-state index in [9.17, 15) is 24.0 Å². The largest absolute Gasteiger partial charge is 0.496 e. The van der Waals surface area contributed by atoms with Gasteiger partial charge in [0, 0.05) is 54.9 Å². The third kappa shape index (κ3) is 18.7. The van der Waals surface area contributed by atoms with E-state index >= 15 is 0 Å². The van der Waals surface area contributed by atoms with Crippen LogP contribution < -0.4 is 52.9 Å². The monoisotopic (exact) mass is 914 g/mol.